The van der Waals surface area contributed by atoms with Gasteiger partial charge in [-0.3, -0.25) is 0 Å². The molecule has 2 rings (SSSR count). The van der Waals surface area contributed by atoms with E-state index in [1.54, 1.807) is 21.3 Å². The van der Waals surface area contributed by atoms with Crippen LogP contribution >= 0.6 is 0 Å². The molecule has 1 aliphatic rings. The van der Waals surface area contributed by atoms with Crippen molar-refractivity contribution in [3.05, 3.63) is 23.3 Å². The molecule has 1 unspecified atom stereocenters. The highest BCUT2D eigenvalue weighted by Gasteiger charge is 2.21. The monoisotopic (exact) mass is 265 g/mol. The lowest BCUT2D eigenvalue weighted by molar-refractivity contribution is 0.181. The van der Waals surface area contributed by atoms with Crippen LogP contribution in [0.3, 0.4) is 0 Å². The standard InChI is InChI=1S/C15H23NO3/c1-17-10-12-7-15(19-3)13(8-14(12)18-2)11-5-4-6-16-9-11/h7-8,11,16H,4-6,9-10H2,1-3H3. The first kappa shape index (κ1) is 14.2. The molecule has 1 N–H and O–H groups in total. The molecule has 0 aliphatic carbocycles. The zero-order valence-electron chi connectivity index (χ0n) is 12.0. The molecule has 0 radical (unpaired) electrons. The fourth-order valence-corrected chi connectivity index (χ4v) is 2.69. The van der Waals surface area contributed by atoms with E-state index in [-0.39, 0.29) is 0 Å². The smallest absolute Gasteiger partial charge is 0.124 e. The van der Waals surface area contributed by atoms with Crippen molar-refractivity contribution in [3.63, 3.8) is 0 Å². The fourth-order valence-electron chi connectivity index (χ4n) is 2.69. The molecule has 1 aromatic rings. The Bertz CT molecular complexity index is 414. The van der Waals surface area contributed by atoms with Gasteiger partial charge in [0.15, 0.2) is 0 Å². The molecule has 4 heteroatoms. The molecule has 1 aromatic carbocycles. The highest BCUT2D eigenvalue weighted by atomic mass is 16.5. The van der Waals surface area contributed by atoms with E-state index in [9.17, 15) is 0 Å². The van der Waals surface area contributed by atoms with Crippen molar-refractivity contribution in [2.45, 2.75) is 25.4 Å². The van der Waals surface area contributed by atoms with Crippen LogP contribution in [0.25, 0.3) is 0 Å². The predicted molar refractivity (Wildman–Crippen MR) is 75.1 cm³/mol. The van der Waals surface area contributed by atoms with Crippen LogP contribution in [-0.2, 0) is 11.3 Å². The number of piperidine rings is 1. The molecule has 1 fully saturated rings. The molecule has 0 aromatic heterocycles. The fraction of sp³-hybridized carbons (Fsp3) is 0.600. The maximum Gasteiger partial charge on any atom is 0.124 e. The average molecular weight is 265 g/mol. The summed E-state index contributed by atoms with van der Waals surface area (Å²) in [5.41, 5.74) is 2.25. The van der Waals surface area contributed by atoms with E-state index in [1.165, 1.54) is 18.4 Å². The zero-order valence-corrected chi connectivity index (χ0v) is 12.0. The van der Waals surface area contributed by atoms with Crippen LogP contribution in [0.5, 0.6) is 11.5 Å². The minimum atomic E-state index is 0.495. The number of benzene rings is 1. The maximum absolute atomic E-state index is 5.55. The maximum atomic E-state index is 5.55. The van der Waals surface area contributed by atoms with E-state index in [0.717, 1.165) is 30.2 Å². The molecule has 1 saturated heterocycles. The quantitative estimate of drug-likeness (QED) is 0.887. The van der Waals surface area contributed by atoms with Gasteiger partial charge in [-0.25, -0.2) is 0 Å². The van der Waals surface area contributed by atoms with Gasteiger partial charge in [0.05, 0.1) is 20.8 Å². The number of methoxy groups -OCH3 is 3. The first-order valence-corrected chi connectivity index (χ1v) is 6.74. The Balaban J connectivity index is 2.35. The van der Waals surface area contributed by atoms with E-state index >= 15 is 0 Å². The molecule has 19 heavy (non-hydrogen) atoms. The van der Waals surface area contributed by atoms with E-state index in [0.29, 0.717) is 12.5 Å². The van der Waals surface area contributed by atoms with E-state index in [2.05, 4.69) is 11.4 Å². The molecule has 1 aliphatic heterocycles. The van der Waals surface area contributed by atoms with Crippen LogP contribution in [0, 0.1) is 0 Å². The molecule has 0 spiro atoms. The largest absolute Gasteiger partial charge is 0.496 e. The summed E-state index contributed by atoms with van der Waals surface area (Å²) in [5, 5.41) is 3.44. The second kappa shape index (κ2) is 6.78. The lowest BCUT2D eigenvalue weighted by Gasteiger charge is -2.25. The van der Waals surface area contributed by atoms with Crippen molar-refractivity contribution in [3.8, 4) is 11.5 Å². The van der Waals surface area contributed by atoms with Crippen LogP contribution in [0.4, 0.5) is 0 Å². The van der Waals surface area contributed by atoms with E-state index < -0.39 is 0 Å². The molecule has 106 valence electrons. The third kappa shape index (κ3) is 3.19. The van der Waals surface area contributed by atoms with Gasteiger partial charge in [0.2, 0.25) is 0 Å². The van der Waals surface area contributed by atoms with Crippen LogP contribution in [0.2, 0.25) is 0 Å². The first-order valence-electron chi connectivity index (χ1n) is 6.74. The molecular weight excluding hydrogens is 242 g/mol. The van der Waals surface area contributed by atoms with Gasteiger partial charge in [-0.1, -0.05) is 0 Å². The van der Waals surface area contributed by atoms with Gasteiger partial charge in [0, 0.05) is 30.7 Å². The SMILES string of the molecule is COCc1cc(OC)c(C2CCCNC2)cc1OC. The Labute approximate surface area is 115 Å². The van der Waals surface area contributed by atoms with Gasteiger partial charge in [-0.15, -0.1) is 0 Å². The second-order valence-electron chi connectivity index (χ2n) is 4.88. The lowest BCUT2D eigenvalue weighted by atomic mass is 9.90. The molecule has 0 bridgehead atoms. The topological polar surface area (TPSA) is 39.7 Å². The Hall–Kier alpha value is -1.26. The first-order chi connectivity index (χ1) is 9.30. The average Bonchev–Trinajstić information content (AvgIpc) is 2.48. The van der Waals surface area contributed by atoms with E-state index in [1.807, 2.05) is 6.07 Å². The zero-order chi connectivity index (χ0) is 13.7. The van der Waals surface area contributed by atoms with Crippen LogP contribution in [0.15, 0.2) is 12.1 Å². The molecular formula is C15H23NO3. The summed E-state index contributed by atoms with van der Waals surface area (Å²) in [6.45, 7) is 2.64. The number of hydrogen-bond acceptors (Lipinski definition) is 4. The molecule has 0 saturated carbocycles. The van der Waals surface area contributed by atoms with Crippen LogP contribution < -0.4 is 14.8 Å². The predicted octanol–water partition coefficient (Wildman–Crippen LogP) is 2.32. The minimum absolute atomic E-state index is 0.495. The van der Waals surface area contributed by atoms with Crippen molar-refractivity contribution >= 4 is 0 Å². The normalized spacial score (nSPS) is 19.2. The minimum Gasteiger partial charge on any atom is -0.496 e. The van der Waals surface area contributed by atoms with Crippen molar-refractivity contribution < 1.29 is 14.2 Å². The summed E-state index contributed by atoms with van der Waals surface area (Å²) in [6, 6.07) is 4.14. The van der Waals surface area contributed by atoms with Crippen LogP contribution in [0.1, 0.15) is 29.9 Å². The van der Waals surface area contributed by atoms with E-state index in [4.69, 9.17) is 14.2 Å². The Kier molecular flexibility index (Phi) is 5.05. The second-order valence-corrected chi connectivity index (χ2v) is 4.88. The number of hydrogen-bond donors (Lipinski definition) is 1. The van der Waals surface area contributed by atoms with Crippen molar-refractivity contribution in [2.75, 3.05) is 34.4 Å². The Morgan fingerprint density at radius 3 is 2.53 bits per heavy atom. The van der Waals surface area contributed by atoms with Gasteiger partial charge in [-0.05, 0) is 31.5 Å². The van der Waals surface area contributed by atoms with Gasteiger partial charge >= 0.3 is 0 Å². The highest BCUT2D eigenvalue weighted by molar-refractivity contribution is 5.48. The highest BCUT2D eigenvalue weighted by Crippen LogP contribution is 2.36. The summed E-state index contributed by atoms with van der Waals surface area (Å²) in [4.78, 5) is 0. The van der Waals surface area contributed by atoms with Gasteiger partial charge in [0.25, 0.3) is 0 Å². The molecule has 4 nitrogen and oxygen atoms in total. The summed E-state index contributed by atoms with van der Waals surface area (Å²) in [7, 11) is 5.10. The van der Waals surface area contributed by atoms with Crippen molar-refractivity contribution in [1.29, 1.82) is 0 Å². The van der Waals surface area contributed by atoms with Crippen LogP contribution in [-0.4, -0.2) is 34.4 Å². The summed E-state index contributed by atoms with van der Waals surface area (Å²) in [5.74, 6) is 2.30. The molecule has 0 amide bonds. The molecule has 1 atom stereocenters. The third-order valence-corrected chi connectivity index (χ3v) is 3.67. The van der Waals surface area contributed by atoms with Gasteiger partial charge in [-0.2, -0.15) is 0 Å². The third-order valence-electron chi connectivity index (χ3n) is 3.67. The summed E-state index contributed by atoms with van der Waals surface area (Å²) < 4.78 is 16.2. The van der Waals surface area contributed by atoms with Crippen molar-refractivity contribution in [1.82, 2.24) is 5.32 Å². The van der Waals surface area contributed by atoms with Crippen molar-refractivity contribution in [2.24, 2.45) is 0 Å². The lowest BCUT2D eigenvalue weighted by Crippen LogP contribution is -2.28. The summed E-state index contributed by atoms with van der Waals surface area (Å²) in [6.07, 6.45) is 2.39. The van der Waals surface area contributed by atoms with Gasteiger partial charge in [0.1, 0.15) is 11.5 Å². The van der Waals surface area contributed by atoms with Gasteiger partial charge < -0.3 is 19.5 Å². The number of nitrogens with one attached hydrogen (secondary N) is 1. The number of ether oxygens (including phenoxy) is 3. The Morgan fingerprint density at radius 1 is 1.16 bits per heavy atom. The summed E-state index contributed by atoms with van der Waals surface area (Å²) >= 11 is 0. The number of rotatable bonds is 5. The molecule has 1 heterocycles. The Morgan fingerprint density at radius 2 is 1.95 bits per heavy atom.